The van der Waals surface area contributed by atoms with Crippen molar-refractivity contribution in [2.45, 2.75) is 12.5 Å². The van der Waals surface area contributed by atoms with Gasteiger partial charge in [-0.3, -0.25) is 24.1 Å². The highest BCUT2D eigenvalue weighted by Gasteiger charge is 2.50. The fourth-order valence-corrected chi connectivity index (χ4v) is 3.04. The molecule has 4 amide bonds. The second kappa shape index (κ2) is 5.09. The summed E-state index contributed by atoms with van der Waals surface area (Å²) in [6, 6.07) is 10.1. The van der Waals surface area contributed by atoms with Gasteiger partial charge in [0.25, 0.3) is 17.7 Å². The number of imide groups is 2. The number of amides is 4. The lowest BCUT2D eigenvalue weighted by atomic mass is 10.1. The quantitative estimate of drug-likeness (QED) is 0.770. The molecule has 1 aromatic heterocycles. The van der Waals surface area contributed by atoms with Crippen molar-refractivity contribution in [2.24, 2.45) is 0 Å². The molecule has 1 aromatic carbocycles. The molecule has 7 nitrogen and oxygen atoms in total. The molecule has 1 atom stereocenters. The Morgan fingerprint density at radius 3 is 2.08 bits per heavy atom. The van der Waals surface area contributed by atoms with Crippen molar-refractivity contribution in [1.82, 2.24) is 9.88 Å². The van der Waals surface area contributed by atoms with Crippen molar-refractivity contribution in [3.05, 3.63) is 59.8 Å². The van der Waals surface area contributed by atoms with Gasteiger partial charge >= 0.3 is 0 Å². The van der Waals surface area contributed by atoms with Gasteiger partial charge in [-0.15, -0.1) is 0 Å². The Morgan fingerprint density at radius 1 is 0.875 bits per heavy atom. The van der Waals surface area contributed by atoms with Crippen molar-refractivity contribution >= 4 is 29.4 Å². The smallest absolute Gasteiger partial charge is 0.262 e. The molecular weight excluding hydrogens is 310 g/mol. The maximum Gasteiger partial charge on any atom is 0.262 e. The zero-order valence-electron chi connectivity index (χ0n) is 12.4. The van der Waals surface area contributed by atoms with Crippen LogP contribution < -0.4 is 4.90 Å². The molecule has 0 saturated carbocycles. The fraction of sp³-hybridized carbons (Fsp3) is 0.118. The summed E-state index contributed by atoms with van der Waals surface area (Å²) in [4.78, 5) is 55.7. The zero-order valence-corrected chi connectivity index (χ0v) is 12.4. The first-order valence-corrected chi connectivity index (χ1v) is 7.34. The Hall–Kier alpha value is -3.35. The maximum absolute atomic E-state index is 12.7. The second-order valence-corrected chi connectivity index (χ2v) is 5.50. The van der Waals surface area contributed by atoms with Crippen LogP contribution in [0.15, 0.2) is 48.7 Å². The van der Waals surface area contributed by atoms with Crippen LogP contribution in [0.3, 0.4) is 0 Å². The van der Waals surface area contributed by atoms with Crippen LogP contribution in [-0.4, -0.2) is 39.6 Å². The first-order chi connectivity index (χ1) is 11.6. The Morgan fingerprint density at radius 2 is 1.50 bits per heavy atom. The van der Waals surface area contributed by atoms with E-state index in [2.05, 4.69) is 4.98 Å². The highest BCUT2D eigenvalue weighted by atomic mass is 16.2. The lowest BCUT2D eigenvalue weighted by molar-refractivity contribution is -0.122. The van der Waals surface area contributed by atoms with Crippen molar-refractivity contribution < 1.29 is 19.2 Å². The second-order valence-electron chi connectivity index (χ2n) is 5.50. The number of benzene rings is 1. The number of carbonyl (C=O) groups excluding carboxylic acids is 4. The number of anilines is 1. The van der Waals surface area contributed by atoms with E-state index >= 15 is 0 Å². The van der Waals surface area contributed by atoms with E-state index in [0.717, 1.165) is 9.80 Å². The van der Waals surface area contributed by atoms with Gasteiger partial charge in [-0.25, -0.2) is 9.88 Å². The third kappa shape index (κ3) is 1.88. The molecule has 4 rings (SSSR count). The highest BCUT2D eigenvalue weighted by molar-refractivity contribution is 6.28. The van der Waals surface area contributed by atoms with Crippen molar-refractivity contribution in [2.75, 3.05) is 4.90 Å². The molecule has 0 N–H and O–H groups in total. The van der Waals surface area contributed by atoms with E-state index in [4.69, 9.17) is 0 Å². The number of hydrogen-bond acceptors (Lipinski definition) is 5. The number of pyridine rings is 1. The average Bonchev–Trinajstić information content (AvgIpc) is 3.03. The molecule has 24 heavy (non-hydrogen) atoms. The highest BCUT2D eigenvalue weighted by Crippen LogP contribution is 2.30. The Labute approximate surface area is 136 Å². The Balaban J connectivity index is 1.70. The molecule has 1 fully saturated rings. The number of fused-ring (bicyclic) bond motifs is 1. The van der Waals surface area contributed by atoms with Gasteiger partial charge in [0.05, 0.1) is 17.5 Å². The molecular formula is C17H11N3O4. The molecule has 118 valence electrons. The van der Waals surface area contributed by atoms with Crippen LogP contribution in [0.4, 0.5) is 5.82 Å². The van der Waals surface area contributed by atoms with Gasteiger partial charge in [0.15, 0.2) is 0 Å². The standard InChI is InChI=1S/C17H11N3O4/c21-14-9-12(17(24)20(14)13-7-3-4-8-18-13)19-15(22)10-5-1-2-6-11(10)16(19)23/h1-8,12H,9H2. The number of aromatic nitrogens is 1. The average molecular weight is 321 g/mol. The first-order valence-electron chi connectivity index (χ1n) is 7.34. The maximum atomic E-state index is 12.7. The summed E-state index contributed by atoms with van der Waals surface area (Å²) in [5.41, 5.74) is 0.498. The lowest BCUT2D eigenvalue weighted by Gasteiger charge is -2.20. The van der Waals surface area contributed by atoms with Crippen LogP contribution in [0.1, 0.15) is 27.1 Å². The van der Waals surface area contributed by atoms with Gasteiger partial charge in [0.2, 0.25) is 5.91 Å². The lowest BCUT2D eigenvalue weighted by Crippen LogP contribution is -2.45. The van der Waals surface area contributed by atoms with Gasteiger partial charge in [0.1, 0.15) is 11.9 Å². The van der Waals surface area contributed by atoms with Crippen molar-refractivity contribution in [3.63, 3.8) is 0 Å². The van der Waals surface area contributed by atoms with Gasteiger partial charge in [-0.1, -0.05) is 18.2 Å². The fourth-order valence-electron chi connectivity index (χ4n) is 3.04. The number of carbonyl (C=O) groups is 4. The van der Waals surface area contributed by atoms with Crippen LogP contribution in [0.25, 0.3) is 0 Å². The minimum atomic E-state index is -1.13. The van der Waals surface area contributed by atoms with Crippen LogP contribution >= 0.6 is 0 Å². The Bertz CT molecular complexity index is 859. The molecule has 0 radical (unpaired) electrons. The SMILES string of the molecule is O=C1CC(N2C(=O)c3ccccc3C2=O)C(=O)N1c1ccccn1. The van der Waals surface area contributed by atoms with E-state index in [1.54, 1.807) is 24.3 Å². The van der Waals surface area contributed by atoms with E-state index in [1.165, 1.54) is 24.4 Å². The van der Waals surface area contributed by atoms with E-state index in [-0.39, 0.29) is 23.4 Å². The number of rotatable bonds is 2. The van der Waals surface area contributed by atoms with E-state index in [9.17, 15) is 19.2 Å². The van der Waals surface area contributed by atoms with Crippen LogP contribution in [0.5, 0.6) is 0 Å². The third-order valence-electron chi connectivity index (χ3n) is 4.14. The van der Waals surface area contributed by atoms with Gasteiger partial charge in [0, 0.05) is 6.20 Å². The molecule has 3 heterocycles. The zero-order chi connectivity index (χ0) is 16.8. The topological polar surface area (TPSA) is 87.7 Å². The van der Waals surface area contributed by atoms with E-state index in [0.29, 0.717) is 0 Å². The third-order valence-corrected chi connectivity index (χ3v) is 4.14. The molecule has 0 spiro atoms. The predicted octanol–water partition coefficient (Wildman–Crippen LogP) is 1.01. The molecule has 7 heteroatoms. The summed E-state index contributed by atoms with van der Waals surface area (Å²) in [6.07, 6.45) is 1.23. The summed E-state index contributed by atoms with van der Waals surface area (Å²) >= 11 is 0. The van der Waals surface area contributed by atoms with Crippen LogP contribution in [0.2, 0.25) is 0 Å². The molecule has 0 bridgehead atoms. The van der Waals surface area contributed by atoms with E-state index in [1.807, 2.05) is 0 Å². The van der Waals surface area contributed by atoms with Gasteiger partial charge in [-0.05, 0) is 24.3 Å². The molecule has 2 aliphatic rings. The van der Waals surface area contributed by atoms with Gasteiger partial charge < -0.3 is 0 Å². The van der Waals surface area contributed by atoms with Crippen molar-refractivity contribution in [1.29, 1.82) is 0 Å². The first kappa shape index (κ1) is 14.3. The van der Waals surface area contributed by atoms with Gasteiger partial charge in [-0.2, -0.15) is 0 Å². The minimum absolute atomic E-state index is 0.187. The van der Waals surface area contributed by atoms with Crippen LogP contribution in [0, 0.1) is 0 Å². The minimum Gasteiger partial charge on any atom is -0.274 e. The molecule has 1 unspecified atom stereocenters. The molecule has 2 aliphatic heterocycles. The molecule has 2 aromatic rings. The number of nitrogens with zero attached hydrogens (tertiary/aromatic N) is 3. The monoisotopic (exact) mass is 321 g/mol. The van der Waals surface area contributed by atoms with Crippen molar-refractivity contribution in [3.8, 4) is 0 Å². The normalized spacial score (nSPS) is 20.1. The summed E-state index contributed by atoms with van der Waals surface area (Å²) in [6.45, 7) is 0. The summed E-state index contributed by atoms with van der Waals surface area (Å²) in [5, 5.41) is 0. The van der Waals surface area contributed by atoms with Crippen LogP contribution in [-0.2, 0) is 9.59 Å². The summed E-state index contributed by atoms with van der Waals surface area (Å²) in [7, 11) is 0. The Kier molecular flexibility index (Phi) is 3.02. The molecule has 0 aliphatic carbocycles. The predicted molar refractivity (Wildman–Crippen MR) is 82.1 cm³/mol. The summed E-state index contributed by atoms with van der Waals surface area (Å²) < 4.78 is 0. The van der Waals surface area contributed by atoms with E-state index < -0.39 is 29.7 Å². The molecule has 1 saturated heterocycles. The number of hydrogen-bond donors (Lipinski definition) is 0. The summed E-state index contributed by atoms with van der Waals surface area (Å²) in [5.74, 6) is -2.02. The largest absolute Gasteiger partial charge is 0.274 e.